The van der Waals surface area contributed by atoms with E-state index in [4.69, 9.17) is 4.42 Å². The number of para-hydroxylation sites is 1. The average molecular weight is 686 g/mol. The van der Waals surface area contributed by atoms with Gasteiger partial charge in [-0.2, -0.15) is 0 Å². The molecule has 0 aliphatic carbocycles. The number of rotatable bonds is 3. The van der Waals surface area contributed by atoms with E-state index < -0.39 is 0 Å². The van der Waals surface area contributed by atoms with E-state index in [1.807, 2.05) is 6.26 Å². The van der Waals surface area contributed by atoms with Crippen LogP contribution in [0.15, 0.2) is 187 Å². The number of aromatic nitrogens is 1. The zero-order chi connectivity index (χ0) is 35.3. The van der Waals surface area contributed by atoms with Crippen LogP contribution in [0.1, 0.15) is 0 Å². The first-order valence-corrected chi connectivity index (χ1v) is 18.6. The molecule has 0 amide bonds. The number of hydrogen-bond donors (Lipinski definition) is 1. The molecule has 250 valence electrons. The lowest BCUT2D eigenvalue weighted by molar-refractivity contribution is 0.620. The Labute approximate surface area is 310 Å². The molecule has 54 heavy (non-hydrogen) atoms. The molecule has 10 aromatic carbocycles. The van der Waals surface area contributed by atoms with Crippen molar-refractivity contribution in [3.8, 4) is 33.4 Å². The SMILES string of the molecule is c1ccc(-c2ccc3ccc4c5ccccc5[nH]c4c3c2-c2ccc3cc4ccccc4cc3c2-c2coc3c2ccc2c4ccccc4ccc23)cc1. The lowest BCUT2D eigenvalue weighted by Gasteiger charge is -2.20. The molecule has 0 fully saturated rings. The van der Waals surface area contributed by atoms with Gasteiger partial charge in [0.2, 0.25) is 0 Å². The molecule has 2 heterocycles. The van der Waals surface area contributed by atoms with Crippen LogP contribution in [0.25, 0.3) is 120 Å². The van der Waals surface area contributed by atoms with Gasteiger partial charge in [-0.05, 0) is 90.1 Å². The smallest absolute Gasteiger partial charge is 0.142 e. The van der Waals surface area contributed by atoms with Gasteiger partial charge in [0.25, 0.3) is 0 Å². The maximum absolute atomic E-state index is 6.70. The number of H-pyrrole nitrogens is 1. The summed E-state index contributed by atoms with van der Waals surface area (Å²) in [4.78, 5) is 3.87. The van der Waals surface area contributed by atoms with E-state index in [2.05, 4.69) is 181 Å². The molecule has 2 heteroatoms. The predicted octanol–water partition coefficient (Wildman–Crippen LogP) is 14.8. The summed E-state index contributed by atoms with van der Waals surface area (Å²) in [5.74, 6) is 0. The molecule has 0 spiro atoms. The van der Waals surface area contributed by atoms with Gasteiger partial charge in [-0.15, -0.1) is 0 Å². The second-order valence-corrected chi connectivity index (χ2v) is 14.5. The number of fused-ring (bicyclic) bond motifs is 12. The lowest BCUT2D eigenvalue weighted by Crippen LogP contribution is -1.94. The summed E-state index contributed by atoms with van der Waals surface area (Å²) < 4.78 is 6.70. The highest BCUT2D eigenvalue weighted by Crippen LogP contribution is 2.50. The molecule has 0 atom stereocenters. The normalized spacial score (nSPS) is 12.1. The molecule has 0 radical (unpaired) electrons. The van der Waals surface area contributed by atoms with E-state index in [-0.39, 0.29) is 0 Å². The molecule has 2 aromatic heterocycles. The molecule has 0 unspecified atom stereocenters. The predicted molar refractivity (Wildman–Crippen MR) is 229 cm³/mol. The number of aromatic amines is 1. The quantitative estimate of drug-likeness (QED) is 0.146. The summed E-state index contributed by atoms with van der Waals surface area (Å²) in [6.45, 7) is 0. The van der Waals surface area contributed by atoms with Crippen LogP contribution in [0.4, 0.5) is 0 Å². The fraction of sp³-hybridized carbons (Fsp3) is 0. The second kappa shape index (κ2) is 11.2. The van der Waals surface area contributed by atoms with Gasteiger partial charge in [-0.3, -0.25) is 0 Å². The standard InChI is InChI=1S/C52H31NO/c1-2-10-31(11-3-1)38-22-19-33-20-23-41-40-16-8-9-17-47(40)53-51(41)48(33)50(38)44-25-21-36-28-34-13-4-5-14-35(34)29-45(36)49(44)46-30-54-52-42-24-18-32-12-6-7-15-37(32)39(42)26-27-43(46)52/h1-30,53H. The first-order chi connectivity index (χ1) is 26.8. The molecular formula is C52H31NO. The van der Waals surface area contributed by atoms with Crippen molar-refractivity contribution >= 4 is 86.6 Å². The van der Waals surface area contributed by atoms with Gasteiger partial charge in [0.15, 0.2) is 0 Å². The average Bonchev–Trinajstić information content (AvgIpc) is 3.84. The molecule has 0 aliphatic rings. The second-order valence-electron chi connectivity index (χ2n) is 14.5. The van der Waals surface area contributed by atoms with Crippen LogP contribution in [-0.2, 0) is 0 Å². The Morgan fingerprint density at radius 3 is 1.89 bits per heavy atom. The molecule has 0 saturated heterocycles. The molecule has 0 aliphatic heterocycles. The number of furan rings is 1. The van der Waals surface area contributed by atoms with Gasteiger partial charge < -0.3 is 9.40 Å². The Morgan fingerprint density at radius 1 is 0.352 bits per heavy atom. The van der Waals surface area contributed by atoms with E-state index in [9.17, 15) is 0 Å². The first-order valence-electron chi connectivity index (χ1n) is 18.6. The van der Waals surface area contributed by atoms with Gasteiger partial charge >= 0.3 is 0 Å². The van der Waals surface area contributed by atoms with Crippen molar-refractivity contribution in [3.63, 3.8) is 0 Å². The molecule has 0 saturated carbocycles. The minimum absolute atomic E-state index is 0.913. The zero-order valence-corrected chi connectivity index (χ0v) is 29.2. The summed E-state index contributed by atoms with van der Waals surface area (Å²) in [6, 6.07) is 64.2. The van der Waals surface area contributed by atoms with Crippen LogP contribution in [-0.4, -0.2) is 4.98 Å². The van der Waals surface area contributed by atoms with Crippen molar-refractivity contribution in [3.05, 3.63) is 182 Å². The Kier molecular flexibility index (Phi) is 6.09. The van der Waals surface area contributed by atoms with E-state index in [1.165, 1.54) is 87.1 Å². The van der Waals surface area contributed by atoms with Crippen LogP contribution in [0.3, 0.4) is 0 Å². The summed E-state index contributed by atoms with van der Waals surface area (Å²) in [7, 11) is 0. The van der Waals surface area contributed by atoms with Crippen LogP contribution in [0, 0.1) is 0 Å². The van der Waals surface area contributed by atoms with Crippen molar-refractivity contribution in [2.24, 2.45) is 0 Å². The van der Waals surface area contributed by atoms with Crippen molar-refractivity contribution in [2.45, 2.75) is 0 Å². The molecule has 0 bridgehead atoms. The third-order valence-corrected chi connectivity index (χ3v) is 11.6. The van der Waals surface area contributed by atoms with Crippen LogP contribution in [0.5, 0.6) is 0 Å². The van der Waals surface area contributed by atoms with Crippen molar-refractivity contribution in [2.75, 3.05) is 0 Å². The molecule has 12 aromatic rings. The maximum Gasteiger partial charge on any atom is 0.142 e. The van der Waals surface area contributed by atoms with Gasteiger partial charge in [0, 0.05) is 49.1 Å². The minimum atomic E-state index is 0.913. The van der Waals surface area contributed by atoms with Crippen LogP contribution in [0.2, 0.25) is 0 Å². The van der Waals surface area contributed by atoms with Crippen LogP contribution < -0.4 is 0 Å². The summed E-state index contributed by atoms with van der Waals surface area (Å²) in [6.07, 6.45) is 2.00. The van der Waals surface area contributed by atoms with E-state index in [0.29, 0.717) is 0 Å². The third kappa shape index (κ3) is 4.17. The fourth-order valence-corrected chi connectivity index (χ4v) is 9.16. The molecule has 12 rings (SSSR count). The number of nitrogens with one attached hydrogen (secondary N) is 1. The zero-order valence-electron chi connectivity index (χ0n) is 29.2. The van der Waals surface area contributed by atoms with E-state index in [1.54, 1.807) is 0 Å². The number of hydrogen-bond acceptors (Lipinski definition) is 1. The molecule has 2 nitrogen and oxygen atoms in total. The maximum atomic E-state index is 6.70. The van der Waals surface area contributed by atoms with Crippen LogP contribution >= 0.6 is 0 Å². The van der Waals surface area contributed by atoms with E-state index in [0.717, 1.165) is 33.0 Å². The highest BCUT2D eigenvalue weighted by Gasteiger charge is 2.24. The van der Waals surface area contributed by atoms with Gasteiger partial charge in [0.05, 0.1) is 11.8 Å². The molecule has 1 N–H and O–H groups in total. The summed E-state index contributed by atoms with van der Waals surface area (Å²) in [5.41, 5.74) is 10.2. The first kappa shape index (κ1) is 29.4. The third-order valence-electron chi connectivity index (χ3n) is 11.6. The monoisotopic (exact) mass is 685 g/mol. The summed E-state index contributed by atoms with van der Waals surface area (Å²) >= 11 is 0. The Morgan fingerprint density at radius 2 is 1.00 bits per heavy atom. The minimum Gasteiger partial charge on any atom is -0.463 e. The molecular weight excluding hydrogens is 655 g/mol. The van der Waals surface area contributed by atoms with Crippen molar-refractivity contribution in [1.82, 2.24) is 4.98 Å². The van der Waals surface area contributed by atoms with E-state index >= 15 is 0 Å². The number of benzene rings is 10. The van der Waals surface area contributed by atoms with Gasteiger partial charge in [-0.1, -0.05) is 146 Å². The largest absolute Gasteiger partial charge is 0.463 e. The van der Waals surface area contributed by atoms with Gasteiger partial charge in [-0.25, -0.2) is 0 Å². The lowest BCUT2D eigenvalue weighted by atomic mass is 9.83. The highest BCUT2D eigenvalue weighted by molar-refractivity contribution is 6.26. The van der Waals surface area contributed by atoms with Gasteiger partial charge in [0.1, 0.15) is 5.58 Å². The fourth-order valence-electron chi connectivity index (χ4n) is 9.16. The summed E-state index contributed by atoms with van der Waals surface area (Å²) in [5, 5.41) is 15.6. The topological polar surface area (TPSA) is 28.9 Å². The Bertz CT molecular complexity index is 3490. The van der Waals surface area contributed by atoms with Crippen molar-refractivity contribution in [1.29, 1.82) is 0 Å². The van der Waals surface area contributed by atoms with Crippen molar-refractivity contribution < 1.29 is 4.42 Å². The Balaban J connectivity index is 1.27. The Hall–Kier alpha value is -7.16. The highest BCUT2D eigenvalue weighted by atomic mass is 16.3.